The van der Waals surface area contributed by atoms with Gasteiger partial charge in [-0.05, 0) is 19.8 Å². The Morgan fingerprint density at radius 3 is 2.88 bits per heavy atom. The zero-order valence-electron chi connectivity index (χ0n) is 9.66. The molecule has 1 unspecified atom stereocenters. The fourth-order valence-corrected chi connectivity index (χ4v) is 2.88. The van der Waals surface area contributed by atoms with Gasteiger partial charge in [0, 0.05) is 13.1 Å². The number of carbonyl (C=O) groups is 2. The Morgan fingerprint density at radius 1 is 1.65 bits per heavy atom. The number of nitrogens with one attached hydrogen (secondary N) is 2. The molecule has 8 nitrogen and oxygen atoms in total. The molecule has 17 heavy (non-hydrogen) atoms. The van der Waals surface area contributed by atoms with Crippen molar-refractivity contribution >= 4 is 19.9 Å². The highest BCUT2D eigenvalue weighted by Gasteiger charge is 2.45. The first-order valence-electron chi connectivity index (χ1n) is 5.36. The fraction of sp³-hybridized carbons (Fsp3) is 0.750. The third-order valence-corrected chi connectivity index (χ3v) is 4.31. The summed E-state index contributed by atoms with van der Waals surface area (Å²) in [5, 5.41) is 4.02. The molecular formula is C8H18N5O3P. The lowest BCUT2D eigenvalue weighted by Crippen LogP contribution is -2.60. The summed E-state index contributed by atoms with van der Waals surface area (Å²) in [6.07, 6.45) is 0.815. The van der Waals surface area contributed by atoms with E-state index in [1.165, 1.54) is 0 Å². The van der Waals surface area contributed by atoms with Gasteiger partial charge >= 0.3 is 6.03 Å². The summed E-state index contributed by atoms with van der Waals surface area (Å²) in [5.41, 5.74) is 5.80. The van der Waals surface area contributed by atoms with Crippen molar-refractivity contribution in [3.05, 3.63) is 0 Å². The molecular weight excluding hydrogens is 245 g/mol. The number of urea groups is 1. The molecule has 9 heteroatoms. The maximum atomic E-state index is 11.9. The van der Waals surface area contributed by atoms with Crippen molar-refractivity contribution in [1.82, 2.24) is 15.4 Å². The molecule has 1 saturated heterocycles. The summed E-state index contributed by atoms with van der Waals surface area (Å²) in [5.74, 6) is 4.84. The van der Waals surface area contributed by atoms with Gasteiger partial charge in [-0.15, -0.1) is 0 Å². The van der Waals surface area contributed by atoms with Crippen LogP contribution >= 0.6 is 7.95 Å². The van der Waals surface area contributed by atoms with E-state index in [2.05, 4.69) is 10.4 Å². The van der Waals surface area contributed by atoms with E-state index in [9.17, 15) is 14.2 Å². The fourth-order valence-electron chi connectivity index (χ4n) is 1.62. The molecule has 3 amide bonds. The Hall–Kier alpha value is -1.11. The Balaban J connectivity index is 2.72. The van der Waals surface area contributed by atoms with Gasteiger partial charge in [-0.1, -0.05) is 0 Å². The average molecular weight is 263 g/mol. The molecule has 1 fully saturated rings. The standard InChI is InChI=1S/C8H18N5O3P/c1-2-11-7(15)12-17(16)8(9)4-3-5-13(10)6(8)14/h17H,2-5,9-10H2,1H3,(H2,11,12,15,16)/t8-/m0/s1. The van der Waals surface area contributed by atoms with Crippen molar-refractivity contribution in [2.75, 3.05) is 13.1 Å². The van der Waals surface area contributed by atoms with Crippen molar-refractivity contribution in [3.8, 4) is 0 Å². The van der Waals surface area contributed by atoms with Crippen LogP contribution in [0.2, 0.25) is 0 Å². The molecule has 0 spiro atoms. The minimum absolute atomic E-state index is 0.254. The van der Waals surface area contributed by atoms with Gasteiger partial charge in [-0.3, -0.25) is 14.9 Å². The van der Waals surface area contributed by atoms with E-state index in [0.29, 0.717) is 19.5 Å². The van der Waals surface area contributed by atoms with Gasteiger partial charge in [0.05, 0.1) is 0 Å². The minimum atomic E-state index is -2.80. The number of hydrogen-bond acceptors (Lipinski definition) is 5. The topological polar surface area (TPSA) is 131 Å². The van der Waals surface area contributed by atoms with Gasteiger partial charge in [0.2, 0.25) is 0 Å². The molecule has 1 aliphatic heterocycles. The van der Waals surface area contributed by atoms with E-state index in [1.54, 1.807) is 6.92 Å². The number of hydrogen-bond donors (Lipinski definition) is 4. The number of carbonyl (C=O) groups excluding carboxylic acids is 2. The number of nitrogens with two attached hydrogens (primary N) is 2. The molecule has 1 aliphatic rings. The van der Waals surface area contributed by atoms with Crippen molar-refractivity contribution in [1.29, 1.82) is 0 Å². The molecule has 0 bridgehead atoms. The number of rotatable bonds is 3. The Kier molecular flexibility index (Phi) is 4.50. The van der Waals surface area contributed by atoms with Crippen LogP contribution in [0.3, 0.4) is 0 Å². The third kappa shape index (κ3) is 2.96. The maximum Gasteiger partial charge on any atom is 0.320 e. The molecule has 0 aromatic carbocycles. The zero-order valence-corrected chi connectivity index (χ0v) is 10.7. The Labute approximate surface area is 99.9 Å². The molecule has 1 heterocycles. The van der Waals surface area contributed by atoms with Gasteiger partial charge in [-0.2, -0.15) is 0 Å². The SMILES string of the molecule is CCNC(=O)N[PH](=O)[C@@]1(N)CCCN(N)C1=O. The van der Waals surface area contributed by atoms with Gasteiger partial charge < -0.3 is 15.6 Å². The second-order valence-corrected chi connectivity index (χ2v) is 5.69. The van der Waals surface area contributed by atoms with Crippen LogP contribution in [0.15, 0.2) is 0 Å². The van der Waals surface area contributed by atoms with Crippen LogP contribution in [-0.4, -0.2) is 35.3 Å². The first-order chi connectivity index (χ1) is 7.91. The van der Waals surface area contributed by atoms with Crippen LogP contribution in [0, 0.1) is 0 Å². The lowest BCUT2D eigenvalue weighted by molar-refractivity contribution is -0.136. The molecule has 0 aromatic rings. The largest absolute Gasteiger partial charge is 0.338 e. The van der Waals surface area contributed by atoms with E-state index in [0.717, 1.165) is 5.01 Å². The van der Waals surface area contributed by atoms with Crippen LogP contribution in [-0.2, 0) is 9.36 Å². The van der Waals surface area contributed by atoms with Crippen LogP contribution in [0.5, 0.6) is 0 Å². The van der Waals surface area contributed by atoms with E-state index in [4.69, 9.17) is 11.6 Å². The summed E-state index contributed by atoms with van der Waals surface area (Å²) in [4.78, 5) is 23.0. The summed E-state index contributed by atoms with van der Waals surface area (Å²) in [7, 11) is -2.80. The Bertz CT molecular complexity index is 350. The van der Waals surface area contributed by atoms with Crippen LogP contribution in [0.4, 0.5) is 4.79 Å². The summed E-state index contributed by atoms with van der Waals surface area (Å²) in [6.45, 7) is 2.51. The third-order valence-electron chi connectivity index (χ3n) is 2.58. The second-order valence-electron chi connectivity index (χ2n) is 3.89. The van der Waals surface area contributed by atoms with E-state index >= 15 is 0 Å². The normalized spacial score (nSPS) is 26.5. The number of piperidine rings is 1. The second kappa shape index (κ2) is 5.48. The van der Waals surface area contributed by atoms with E-state index < -0.39 is 25.2 Å². The van der Waals surface area contributed by atoms with Crippen LogP contribution in [0.1, 0.15) is 19.8 Å². The molecule has 0 radical (unpaired) electrons. The zero-order chi connectivity index (χ0) is 13.1. The van der Waals surface area contributed by atoms with Gasteiger partial charge in [0.1, 0.15) is 0 Å². The average Bonchev–Trinajstić information content (AvgIpc) is 2.26. The predicted octanol–water partition coefficient (Wildman–Crippen LogP) is -1.07. The lowest BCUT2D eigenvalue weighted by atomic mass is 10.1. The van der Waals surface area contributed by atoms with Crippen molar-refractivity contribution in [3.63, 3.8) is 0 Å². The van der Waals surface area contributed by atoms with Crippen LogP contribution in [0.25, 0.3) is 0 Å². The maximum absolute atomic E-state index is 11.9. The predicted molar refractivity (Wildman–Crippen MR) is 63.3 cm³/mol. The lowest BCUT2D eigenvalue weighted by Gasteiger charge is -2.35. The summed E-state index contributed by atoms with van der Waals surface area (Å²) < 4.78 is 11.9. The summed E-state index contributed by atoms with van der Waals surface area (Å²) >= 11 is 0. The van der Waals surface area contributed by atoms with Gasteiger partial charge in [0.15, 0.2) is 13.2 Å². The molecule has 6 N–H and O–H groups in total. The van der Waals surface area contributed by atoms with Gasteiger partial charge in [0.25, 0.3) is 5.91 Å². The molecule has 0 aromatic heterocycles. The van der Waals surface area contributed by atoms with E-state index in [-0.39, 0.29) is 6.42 Å². The molecule has 0 aliphatic carbocycles. The van der Waals surface area contributed by atoms with Crippen molar-refractivity contribution < 1.29 is 14.2 Å². The molecule has 2 atom stereocenters. The van der Waals surface area contributed by atoms with Crippen molar-refractivity contribution in [2.45, 2.75) is 25.0 Å². The number of hydrazine groups is 1. The highest BCUT2D eigenvalue weighted by atomic mass is 31.1. The number of nitrogens with zero attached hydrogens (tertiary/aromatic N) is 1. The first-order valence-corrected chi connectivity index (χ1v) is 6.77. The minimum Gasteiger partial charge on any atom is -0.338 e. The smallest absolute Gasteiger partial charge is 0.320 e. The summed E-state index contributed by atoms with van der Waals surface area (Å²) in [6, 6.07) is -0.594. The Morgan fingerprint density at radius 2 is 2.29 bits per heavy atom. The highest BCUT2D eigenvalue weighted by molar-refractivity contribution is 7.46. The quantitative estimate of drug-likeness (QED) is 0.292. The highest BCUT2D eigenvalue weighted by Crippen LogP contribution is 2.38. The van der Waals surface area contributed by atoms with Gasteiger partial charge in [-0.25, -0.2) is 10.6 Å². The van der Waals surface area contributed by atoms with E-state index in [1.807, 2.05) is 0 Å². The van der Waals surface area contributed by atoms with Crippen molar-refractivity contribution in [2.24, 2.45) is 11.6 Å². The first kappa shape index (κ1) is 14.0. The number of amides is 3. The monoisotopic (exact) mass is 263 g/mol. The molecule has 1 rings (SSSR count). The molecule has 98 valence electrons. The molecule has 0 saturated carbocycles. The van der Waals surface area contributed by atoms with Crippen LogP contribution < -0.4 is 22.0 Å².